The molecule has 15 heavy (non-hydrogen) atoms. The predicted molar refractivity (Wildman–Crippen MR) is 54.6 cm³/mol. The summed E-state index contributed by atoms with van der Waals surface area (Å²) >= 11 is 0. The Kier molecular flexibility index (Phi) is 2.71. The predicted octanol–water partition coefficient (Wildman–Crippen LogP) is 3.18. The fourth-order valence-electron chi connectivity index (χ4n) is 2.23. The van der Waals surface area contributed by atoms with Gasteiger partial charge in [-0.05, 0) is 42.5 Å². The molecule has 0 aromatic heterocycles. The number of carboxylic acids is 1. The first-order valence-electron chi connectivity index (χ1n) is 5.21. The van der Waals surface area contributed by atoms with E-state index in [4.69, 9.17) is 5.11 Å². The zero-order valence-electron chi connectivity index (χ0n) is 8.37. The second-order valence-corrected chi connectivity index (χ2v) is 4.02. The Morgan fingerprint density at radius 1 is 1.33 bits per heavy atom. The van der Waals surface area contributed by atoms with Gasteiger partial charge in [0.25, 0.3) is 0 Å². The van der Waals surface area contributed by atoms with Crippen LogP contribution < -0.4 is 0 Å². The van der Waals surface area contributed by atoms with Crippen molar-refractivity contribution in [2.75, 3.05) is 0 Å². The van der Waals surface area contributed by atoms with E-state index in [9.17, 15) is 9.18 Å². The summed E-state index contributed by atoms with van der Waals surface area (Å²) in [5, 5.41) is 8.82. The Balaban J connectivity index is 2.35. The van der Waals surface area contributed by atoms with Gasteiger partial charge >= 0.3 is 5.97 Å². The highest BCUT2D eigenvalue weighted by Crippen LogP contribution is 2.35. The lowest BCUT2D eigenvalue weighted by atomic mass is 9.95. The van der Waals surface area contributed by atoms with Crippen LogP contribution in [0.3, 0.4) is 0 Å². The molecule has 1 N–H and O–H groups in total. The molecule has 0 atom stereocenters. The van der Waals surface area contributed by atoms with Crippen molar-refractivity contribution < 1.29 is 14.3 Å². The molecule has 1 aliphatic carbocycles. The van der Waals surface area contributed by atoms with E-state index in [1.807, 2.05) is 0 Å². The van der Waals surface area contributed by atoms with Crippen LogP contribution in [0.1, 0.15) is 47.5 Å². The summed E-state index contributed by atoms with van der Waals surface area (Å²) in [7, 11) is 0. The van der Waals surface area contributed by atoms with E-state index < -0.39 is 5.97 Å². The van der Waals surface area contributed by atoms with Crippen LogP contribution in [0.2, 0.25) is 0 Å². The minimum absolute atomic E-state index is 0.179. The van der Waals surface area contributed by atoms with E-state index in [0.717, 1.165) is 25.7 Å². The second kappa shape index (κ2) is 4.01. The Morgan fingerprint density at radius 3 is 2.60 bits per heavy atom. The second-order valence-electron chi connectivity index (χ2n) is 4.02. The molecule has 1 aromatic rings. The summed E-state index contributed by atoms with van der Waals surface area (Å²) in [5.41, 5.74) is 0.755. The summed E-state index contributed by atoms with van der Waals surface area (Å²) in [4.78, 5) is 10.8. The minimum atomic E-state index is -0.991. The standard InChI is InChI=1S/C12H13FO2/c13-11-6-5-9(12(14)15)7-10(11)8-3-1-2-4-8/h5-8H,1-4H2,(H,14,15). The molecule has 1 aliphatic rings. The summed E-state index contributed by atoms with van der Waals surface area (Å²) in [6, 6.07) is 4.06. The van der Waals surface area contributed by atoms with Crippen LogP contribution >= 0.6 is 0 Å². The molecule has 80 valence electrons. The van der Waals surface area contributed by atoms with E-state index in [2.05, 4.69) is 0 Å². The molecule has 2 rings (SSSR count). The largest absolute Gasteiger partial charge is 0.478 e. The zero-order chi connectivity index (χ0) is 10.8. The Bertz CT molecular complexity index is 381. The van der Waals surface area contributed by atoms with Gasteiger partial charge in [0.1, 0.15) is 5.82 Å². The first-order valence-corrected chi connectivity index (χ1v) is 5.21. The zero-order valence-corrected chi connectivity index (χ0v) is 8.37. The SMILES string of the molecule is O=C(O)c1ccc(F)c(C2CCCC2)c1. The van der Waals surface area contributed by atoms with E-state index >= 15 is 0 Å². The van der Waals surface area contributed by atoms with Crippen molar-refractivity contribution in [1.29, 1.82) is 0 Å². The minimum Gasteiger partial charge on any atom is -0.478 e. The molecule has 0 aliphatic heterocycles. The van der Waals surface area contributed by atoms with Crippen molar-refractivity contribution in [3.8, 4) is 0 Å². The van der Waals surface area contributed by atoms with Gasteiger partial charge in [0.2, 0.25) is 0 Å². The van der Waals surface area contributed by atoms with Gasteiger partial charge in [-0.1, -0.05) is 12.8 Å². The molecule has 2 nitrogen and oxygen atoms in total. The maximum absolute atomic E-state index is 13.5. The van der Waals surface area contributed by atoms with E-state index in [0.29, 0.717) is 5.56 Å². The van der Waals surface area contributed by atoms with E-state index in [-0.39, 0.29) is 17.3 Å². The van der Waals surface area contributed by atoms with Crippen molar-refractivity contribution in [3.05, 3.63) is 35.1 Å². The van der Waals surface area contributed by atoms with Crippen LogP contribution in [0, 0.1) is 5.82 Å². The van der Waals surface area contributed by atoms with Crippen LogP contribution in [0.5, 0.6) is 0 Å². The number of halogens is 1. The van der Waals surface area contributed by atoms with Crippen molar-refractivity contribution in [2.45, 2.75) is 31.6 Å². The fourth-order valence-corrected chi connectivity index (χ4v) is 2.23. The lowest BCUT2D eigenvalue weighted by Crippen LogP contribution is -2.02. The molecule has 0 heterocycles. The van der Waals surface area contributed by atoms with Crippen LogP contribution in [-0.2, 0) is 0 Å². The van der Waals surface area contributed by atoms with Gasteiger partial charge in [0, 0.05) is 0 Å². The van der Waals surface area contributed by atoms with E-state index in [1.54, 1.807) is 0 Å². The molecule has 1 saturated carbocycles. The van der Waals surface area contributed by atoms with Crippen LogP contribution in [0.15, 0.2) is 18.2 Å². The van der Waals surface area contributed by atoms with Crippen LogP contribution in [0.25, 0.3) is 0 Å². The topological polar surface area (TPSA) is 37.3 Å². The molecule has 0 radical (unpaired) electrons. The Morgan fingerprint density at radius 2 is 2.00 bits per heavy atom. The van der Waals surface area contributed by atoms with Gasteiger partial charge in [0.15, 0.2) is 0 Å². The number of carboxylic acid groups (broad SMARTS) is 1. The number of hydrogen-bond acceptors (Lipinski definition) is 1. The number of rotatable bonds is 2. The summed E-state index contributed by atoms with van der Waals surface area (Å²) in [6.45, 7) is 0. The average molecular weight is 208 g/mol. The van der Waals surface area contributed by atoms with Gasteiger partial charge in [-0.3, -0.25) is 0 Å². The van der Waals surface area contributed by atoms with Gasteiger partial charge in [0.05, 0.1) is 5.56 Å². The van der Waals surface area contributed by atoms with Gasteiger partial charge in [-0.2, -0.15) is 0 Å². The summed E-state index contributed by atoms with van der Waals surface area (Å²) in [6.07, 6.45) is 4.17. The van der Waals surface area contributed by atoms with Crippen LogP contribution in [-0.4, -0.2) is 11.1 Å². The Labute approximate surface area is 87.7 Å². The molecular weight excluding hydrogens is 195 g/mol. The lowest BCUT2D eigenvalue weighted by Gasteiger charge is -2.11. The van der Waals surface area contributed by atoms with Crippen molar-refractivity contribution >= 4 is 5.97 Å². The fraction of sp³-hybridized carbons (Fsp3) is 0.417. The third kappa shape index (κ3) is 2.01. The monoisotopic (exact) mass is 208 g/mol. The molecule has 1 aromatic carbocycles. The van der Waals surface area contributed by atoms with E-state index in [1.165, 1.54) is 18.2 Å². The maximum atomic E-state index is 13.5. The van der Waals surface area contributed by atoms with Crippen molar-refractivity contribution in [3.63, 3.8) is 0 Å². The summed E-state index contributed by atoms with van der Waals surface area (Å²) in [5.74, 6) is -1.05. The molecule has 3 heteroatoms. The van der Waals surface area contributed by atoms with Crippen molar-refractivity contribution in [1.82, 2.24) is 0 Å². The molecule has 0 spiro atoms. The number of aromatic carboxylic acids is 1. The number of benzene rings is 1. The molecular formula is C12H13FO2. The molecule has 0 amide bonds. The highest BCUT2D eigenvalue weighted by Gasteiger charge is 2.21. The quantitative estimate of drug-likeness (QED) is 0.810. The molecule has 0 bridgehead atoms. The normalized spacial score (nSPS) is 16.9. The number of carbonyl (C=O) groups is 1. The lowest BCUT2D eigenvalue weighted by molar-refractivity contribution is 0.0696. The van der Waals surface area contributed by atoms with Gasteiger partial charge in [-0.15, -0.1) is 0 Å². The van der Waals surface area contributed by atoms with Crippen LogP contribution in [0.4, 0.5) is 4.39 Å². The number of hydrogen-bond donors (Lipinski definition) is 1. The van der Waals surface area contributed by atoms with Gasteiger partial charge < -0.3 is 5.11 Å². The highest BCUT2D eigenvalue weighted by atomic mass is 19.1. The van der Waals surface area contributed by atoms with Gasteiger partial charge in [-0.25, -0.2) is 9.18 Å². The Hall–Kier alpha value is -1.38. The molecule has 0 saturated heterocycles. The third-order valence-electron chi connectivity index (χ3n) is 3.04. The molecule has 1 fully saturated rings. The maximum Gasteiger partial charge on any atom is 0.335 e. The van der Waals surface area contributed by atoms with Crippen molar-refractivity contribution in [2.24, 2.45) is 0 Å². The average Bonchev–Trinajstić information content (AvgIpc) is 2.71. The first-order chi connectivity index (χ1) is 7.18. The smallest absolute Gasteiger partial charge is 0.335 e. The highest BCUT2D eigenvalue weighted by molar-refractivity contribution is 5.87. The third-order valence-corrected chi connectivity index (χ3v) is 3.04. The summed E-state index contributed by atoms with van der Waals surface area (Å²) < 4.78 is 13.5. The first kappa shape index (κ1) is 10.1. The molecule has 0 unspecified atom stereocenters.